The summed E-state index contributed by atoms with van der Waals surface area (Å²) >= 11 is 0. The molecular formula is C30H34N4O7S. The van der Waals surface area contributed by atoms with E-state index < -0.39 is 28.0 Å². The van der Waals surface area contributed by atoms with E-state index in [4.69, 9.17) is 14.2 Å². The molecule has 3 aromatic carbocycles. The third-order valence-electron chi connectivity index (χ3n) is 6.36. The maximum atomic E-state index is 13.3. The van der Waals surface area contributed by atoms with Crippen LogP contribution in [0.15, 0.2) is 60.7 Å². The summed E-state index contributed by atoms with van der Waals surface area (Å²) in [5, 5.41) is 10.9. The van der Waals surface area contributed by atoms with Gasteiger partial charge in [0.05, 0.1) is 37.0 Å². The lowest BCUT2D eigenvalue weighted by Crippen LogP contribution is -2.43. The lowest BCUT2D eigenvalue weighted by molar-refractivity contribution is 0.0275. The Hall–Kier alpha value is -4.50. The maximum Gasteiger partial charge on any atom is 0.422 e. The van der Waals surface area contributed by atoms with Crippen LogP contribution >= 0.6 is 0 Å². The molecule has 222 valence electrons. The molecule has 42 heavy (non-hydrogen) atoms. The number of hydrogen-bond donors (Lipinski definition) is 1. The number of likely N-dealkylation sites (tertiary alicyclic amines) is 1. The summed E-state index contributed by atoms with van der Waals surface area (Å²) in [7, 11) is -4.37. The predicted octanol–water partition coefficient (Wildman–Crippen LogP) is 5.10. The third kappa shape index (κ3) is 7.82. The Balaban J connectivity index is 1.54. The van der Waals surface area contributed by atoms with Crippen molar-refractivity contribution in [3.8, 4) is 11.8 Å². The number of amides is 2. The van der Waals surface area contributed by atoms with Gasteiger partial charge in [0.15, 0.2) is 0 Å². The lowest BCUT2D eigenvalue weighted by atomic mass is 10.0. The summed E-state index contributed by atoms with van der Waals surface area (Å²) in [6.45, 7) is 7.79. The molecule has 1 heterocycles. The number of ether oxygens (including phenoxy) is 3. The Labute approximate surface area is 245 Å². The van der Waals surface area contributed by atoms with Gasteiger partial charge in [0, 0.05) is 13.0 Å². The second-order valence-electron chi connectivity index (χ2n) is 10.8. The van der Waals surface area contributed by atoms with Crippen LogP contribution in [0.25, 0.3) is 10.8 Å². The number of carbonyl (C=O) groups is 2. The van der Waals surface area contributed by atoms with Crippen LogP contribution in [0.2, 0.25) is 0 Å². The van der Waals surface area contributed by atoms with Crippen molar-refractivity contribution in [2.24, 2.45) is 0 Å². The van der Waals surface area contributed by atoms with E-state index in [2.05, 4.69) is 6.07 Å². The highest BCUT2D eigenvalue weighted by molar-refractivity contribution is 7.91. The minimum Gasteiger partial charge on any atom is -0.489 e. The smallest absolute Gasteiger partial charge is 0.422 e. The highest BCUT2D eigenvalue weighted by atomic mass is 32.2. The zero-order valence-corrected chi connectivity index (χ0v) is 24.8. The molecule has 12 heteroatoms. The summed E-state index contributed by atoms with van der Waals surface area (Å²) in [6.07, 6.45) is -1.10. The summed E-state index contributed by atoms with van der Waals surface area (Å²) in [5.41, 5.74) is 0.819. The number of anilines is 1. The molecule has 4 rings (SSSR count). The summed E-state index contributed by atoms with van der Waals surface area (Å²) in [4.78, 5) is 26.0. The van der Waals surface area contributed by atoms with Gasteiger partial charge in [-0.3, -0.25) is 0 Å². The fraction of sp³-hybridized carbons (Fsp3) is 0.367. The van der Waals surface area contributed by atoms with E-state index in [1.807, 2.05) is 37.6 Å². The first-order chi connectivity index (χ1) is 19.9. The average molecular weight is 595 g/mol. The zero-order valence-electron chi connectivity index (χ0n) is 24.0. The first kappa shape index (κ1) is 30.5. The summed E-state index contributed by atoms with van der Waals surface area (Å²) in [5.74, 6) is 0.500. The van der Waals surface area contributed by atoms with E-state index in [1.54, 1.807) is 60.4 Å². The molecule has 0 unspecified atom stereocenters. The van der Waals surface area contributed by atoms with Crippen molar-refractivity contribution in [3.05, 3.63) is 71.8 Å². The number of benzene rings is 3. The van der Waals surface area contributed by atoms with Crippen LogP contribution in [0.3, 0.4) is 0 Å². The molecule has 0 saturated carbocycles. The molecule has 1 saturated heterocycles. The van der Waals surface area contributed by atoms with Gasteiger partial charge in [-0.25, -0.2) is 18.6 Å². The first-order valence-electron chi connectivity index (χ1n) is 13.5. The molecule has 1 aliphatic heterocycles. The van der Waals surface area contributed by atoms with Crippen LogP contribution in [0.4, 0.5) is 15.3 Å². The van der Waals surface area contributed by atoms with Crippen LogP contribution in [-0.4, -0.2) is 56.9 Å². The fourth-order valence-electron chi connectivity index (χ4n) is 4.47. The average Bonchev–Trinajstić information content (AvgIpc) is 3.39. The molecule has 3 aromatic rings. The largest absolute Gasteiger partial charge is 0.489 e. The molecule has 0 radical (unpaired) electrons. The summed E-state index contributed by atoms with van der Waals surface area (Å²) < 4.78 is 46.0. The van der Waals surface area contributed by atoms with Gasteiger partial charge in [-0.15, -0.1) is 0 Å². The van der Waals surface area contributed by atoms with Gasteiger partial charge in [0.2, 0.25) is 0 Å². The minimum absolute atomic E-state index is 0.00577. The van der Waals surface area contributed by atoms with Crippen molar-refractivity contribution in [2.45, 2.75) is 52.4 Å². The molecule has 0 spiro atoms. The molecule has 0 bridgehead atoms. The molecule has 1 aliphatic rings. The Morgan fingerprint density at radius 2 is 1.79 bits per heavy atom. The maximum absolute atomic E-state index is 13.3. The Bertz CT molecular complexity index is 1590. The van der Waals surface area contributed by atoms with Gasteiger partial charge in [-0.2, -0.15) is 13.7 Å². The van der Waals surface area contributed by atoms with Crippen molar-refractivity contribution in [2.75, 3.05) is 24.0 Å². The Morgan fingerprint density at radius 1 is 1.07 bits per heavy atom. The van der Waals surface area contributed by atoms with Gasteiger partial charge >= 0.3 is 22.4 Å². The molecular weight excluding hydrogens is 560 g/mol. The van der Waals surface area contributed by atoms with Crippen molar-refractivity contribution in [1.82, 2.24) is 9.62 Å². The van der Waals surface area contributed by atoms with Gasteiger partial charge < -0.3 is 19.1 Å². The van der Waals surface area contributed by atoms with E-state index >= 15 is 0 Å². The molecule has 2 amide bonds. The second kappa shape index (κ2) is 12.6. The molecule has 0 aromatic heterocycles. The lowest BCUT2D eigenvalue weighted by Gasteiger charge is -2.25. The van der Waals surface area contributed by atoms with E-state index in [0.717, 1.165) is 15.1 Å². The van der Waals surface area contributed by atoms with Crippen LogP contribution in [0, 0.1) is 11.3 Å². The fourth-order valence-corrected chi connectivity index (χ4v) is 5.56. The van der Waals surface area contributed by atoms with E-state index in [9.17, 15) is 23.3 Å². The molecule has 11 nitrogen and oxygen atoms in total. The highest BCUT2D eigenvalue weighted by Gasteiger charge is 2.31. The number of fused-ring (bicyclic) bond motifs is 1. The Kier molecular flexibility index (Phi) is 9.11. The first-order valence-corrected chi connectivity index (χ1v) is 15.0. The van der Waals surface area contributed by atoms with Gasteiger partial charge in [0.1, 0.15) is 17.5 Å². The molecule has 1 N–H and O–H groups in total. The quantitative estimate of drug-likeness (QED) is 0.380. The highest BCUT2D eigenvalue weighted by Crippen LogP contribution is 2.27. The van der Waals surface area contributed by atoms with Crippen LogP contribution < -0.4 is 13.8 Å². The van der Waals surface area contributed by atoms with Crippen molar-refractivity contribution >= 4 is 38.9 Å². The van der Waals surface area contributed by atoms with Crippen molar-refractivity contribution < 1.29 is 32.2 Å². The van der Waals surface area contributed by atoms with E-state index in [1.165, 1.54) is 0 Å². The van der Waals surface area contributed by atoms with Crippen LogP contribution in [0.5, 0.6) is 5.75 Å². The SMILES string of the molecule is CCOC(=O)NS(=O)(=O)N(Cc1ccc2ccc(C#N)cc2c1)c1ccc(O[C@H]2CCN(C(=O)OC(C)(C)C)C2)cc1. The van der Waals surface area contributed by atoms with Gasteiger partial charge in [-0.1, -0.05) is 18.2 Å². The topological polar surface area (TPSA) is 138 Å². The molecule has 1 atom stereocenters. The zero-order chi connectivity index (χ0) is 30.5. The normalized spacial score (nSPS) is 15.1. The van der Waals surface area contributed by atoms with E-state index in [-0.39, 0.29) is 24.9 Å². The van der Waals surface area contributed by atoms with Gasteiger partial charge in [0.25, 0.3) is 0 Å². The van der Waals surface area contributed by atoms with Crippen LogP contribution in [-0.2, 0) is 26.2 Å². The predicted molar refractivity (Wildman–Crippen MR) is 157 cm³/mol. The third-order valence-corrected chi connectivity index (χ3v) is 7.71. The summed E-state index contributed by atoms with van der Waals surface area (Å²) in [6, 6.07) is 19.2. The number of nitrogens with zero attached hydrogens (tertiary/aromatic N) is 3. The minimum atomic E-state index is -4.37. The second-order valence-corrected chi connectivity index (χ2v) is 12.4. The molecule has 1 fully saturated rings. The number of hydrogen-bond acceptors (Lipinski definition) is 8. The van der Waals surface area contributed by atoms with Gasteiger partial charge in [-0.05, 0) is 86.5 Å². The number of rotatable bonds is 8. The number of nitrogens with one attached hydrogen (secondary N) is 1. The number of carbonyl (C=O) groups excluding carboxylic acids is 2. The number of nitriles is 1. The monoisotopic (exact) mass is 594 g/mol. The standard InChI is InChI=1S/C30H34N4O7S/c1-5-39-28(35)32-42(37,38)34(19-22-7-9-23-8-6-21(18-31)16-24(23)17-22)25-10-12-26(13-11-25)40-27-14-15-33(20-27)29(36)41-30(2,3)4/h6-13,16-17,27H,5,14-15,19-20H2,1-4H3,(H,32,35)/t27-/m0/s1. The molecule has 0 aliphatic carbocycles. The van der Waals surface area contributed by atoms with Crippen molar-refractivity contribution in [1.29, 1.82) is 5.26 Å². The Morgan fingerprint density at radius 3 is 2.45 bits per heavy atom. The van der Waals surface area contributed by atoms with Crippen molar-refractivity contribution in [3.63, 3.8) is 0 Å². The van der Waals surface area contributed by atoms with Crippen LogP contribution in [0.1, 0.15) is 45.2 Å². The van der Waals surface area contributed by atoms with E-state index in [0.29, 0.717) is 36.4 Å².